The standard InChI is InChI=1S/C21H22Cl3NO/c1-2-3-4-12-7-13(20-17(23)9-14(22)10-18(20)24)8-15-16-11-25-6-5-19(16)26-21(12)15/h7-10,16,19,25H,2-6,11H2,1H3. The Bertz CT molecular complexity index is 813. The van der Waals surface area contributed by atoms with E-state index in [0.29, 0.717) is 21.0 Å². The predicted molar refractivity (Wildman–Crippen MR) is 110 cm³/mol. The highest BCUT2D eigenvalue weighted by molar-refractivity contribution is 6.41. The van der Waals surface area contributed by atoms with Gasteiger partial charge in [-0.25, -0.2) is 0 Å². The lowest BCUT2D eigenvalue weighted by Crippen LogP contribution is -2.37. The first kappa shape index (κ1) is 18.4. The number of rotatable bonds is 4. The predicted octanol–water partition coefficient (Wildman–Crippen LogP) is 6.49. The SMILES string of the molecule is CCCCc1cc(-c2c(Cl)cc(Cl)cc2Cl)cc2c1OC1CCNCC21. The molecule has 26 heavy (non-hydrogen) atoms. The van der Waals surface area contributed by atoms with Gasteiger partial charge in [-0.05, 0) is 61.2 Å². The first-order chi connectivity index (χ1) is 12.6. The zero-order valence-electron chi connectivity index (χ0n) is 14.7. The van der Waals surface area contributed by atoms with E-state index in [9.17, 15) is 0 Å². The maximum absolute atomic E-state index is 6.50. The molecule has 0 bridgehead atoms. The number of unbranched alkanes of at least 4 members (excludes halogenated alkanes) is 1. The van der Waals surface area contributed by atoms with E-state index in [2.05, 4.69) is 24.4 Å². The van der Waals surface area contributed by atoms with Crippen LogP contribution in [-0.4, -0.2) is 19.2 Å². The molecule has 1 N–H and O–H groups in total. The Balaban J connectivity index is 1.85. The molecule has 1 saturated heterocycles. The van der Waals surface area contributed by atoms with Crippen molar-refractivity contribution in [1.82, 2.24) is 5.32 Å². The van der Waals surface area contributed by atoms with E-state index >= 15 is 0 Å². The molecule has 4 rings (SSSR count). The minimum atomic E-state index is 0.276. The van der Waals surface area contributed by atoms with Gasteiger partial charge in [0.1, 0.15) is 11.9 Å². The molecule has 2 aromatic rings. The minimum absolute atomic E-state index is 0.276. The second-order valence-corrected chi connectivity index (χ2v) is 8.41. The third-order valence-corrected chi connectivity index (χ3v) is 6.19. The molecule has 2 unspecified atom stereocenters. The number of ether oxygens (including phenoxy) is 1. The van der Waals surface area contributed by atoms with E-state index in [-0.39, 0.29) is 6.10 Å². The Morgan fingerprint density at radius 1 is 1.12 bits per heavy atom. The van der Waals surface area contributed by atoms with Crippen molar-refractivity contribution in [1.29, 1.82) is 0 Å². The molecule has 0 spiro atoms. The first-order valence-electron chi connectivity index (χ1n) is 9.27. The number of aryl methyl sites for hydroxylation is 1. The van der Waals surface area contributed by atoms with E-state index in [4.69, 9.17) is 39.5 Å². The Morgan fingerprint density at radius 3 is 2.62 bits per heavy atom. The third-order valence-electron chi connectivity index (χ3n) is 5.38. The minimum Gasteiger partial charge on any atom is -0.489 e. The van der Waals surface area contributed by atoms with Gasteiger partial charge in [-0.3, -0.25) is 0 Å². The maximum Gasteiger partial charge on any atom is 0.126 e. The van der Waals surface area contributed by atoms with Crippen molar-refractivity contribution in [3.8, 4) is 16.9 Å². The van der Waals surface area contributed by atoms with Gasteiger partial charge in [0.2, 0.25) is 0 Å². The maximum atomic E-state index is 6.50. The van der Waals surface area contributed by atoms with E-state index in [0.717, 1.165) is 55.6 Å². The fourth-order valence-electron chi connectivity index (χ4n) is 4.08. The summed E-state index contributed by atoms with van der Waals surface area (Å²) in [5.41, 5.74) is 4.45. The quantitative estimate of drug-likeness (QED) is 0.621. The van der Waals surface area contributed by atoms with Gasteiger partial charge in [0.25, 0.3) is 0 Å². The molecule has 2 nitrogen and oxygen atoms in total. The number of fused-ring (bicyclic) bond motifs is 3. The molecular formula is C21H22Cl3NO. The van der Waals surface area contributed by atoms with Crippen LogP contribution < -0.4 is 10.1 Å². The smallest absolute Gasteiger partial charge is 0.126 e. The van der Waals surface area contributed by atoms with Gasteiger partial charge < -0.3 is 10.1 Å². The summed E-state index contributed by atoms with van der Waals surface area (Å²) in [4.78, 5) is 0. The number of nitrogens with one attached hydrogen (secondary N) is 1. The van der Waals surface area contributed by atoms with Crippen LogP contribution in [-0.2, 0) is 6.42 Å². The molecule has 2 aromatic carbocycles. The molecule has 138 valence electrons. The average molecular weight is 411 g/mol. The molecule has 1 fully saturated rings. The molecule has 2 atom stereocenters. The van der Waals surface area contributed by atoms with Gasteiger partial charge in [0, 0.05) is 28.6 Å². The highest BCUT2D eigenvalue weighted by Gasteiger charge is 2.37. The molecule has 2 heterocycles. The lowest BCUT2D eigenvalue weighted by Gasteiger charge is -2.25. The normalized spacial score (nSPS) is 21.2. The molecule has 0 aromatic heterocycles. The lowest BCUT2D eigenvalue weighted by atomic mass is 9.87. The number of halogens is 3. The zero-order valence-corrected chi connectivity index (χ0v) is 17.0. The van der Waals surface area contributed by atoms with Gasteiger partial charge in [0.15, 0.2) is 0 Å². The molecule has 2 aliphatic rings. The average Bonchev–Trinajstić information content (AvgIpc) is 2.98. The highest BCUT2D eigenvalue weighted by Crippen LogP contribution is 2.47. The van der Waals surface area contributed by atoms with E-state index in [1.165, 1.54) is 11.1 Å². The van der Waals surface area contributed by atoms with Gasteiger partial charge in [-0.1, -0.05) is 48.1 Å². The second-order valence-electron chi connectivity index (χ2n) is 7.16. The Kier molecular flexibility index (Phi) is 5.38. The second kappa shape index (κ2) is 7.59. The van der Waals surface area contributed by atoms with Crippen LogP contribution in [0.15, 0.2) is 24.3 Å². The topological polar surface area (TPSA) is 21.3 Å². The largest absolute Gasteiger partial charge is 0.489 e. The molecule has 0 amide bonds. The Morgan fingerprint density at radius 2 is 1.88 bits per heavy atom. The van der Waals surface area contributed by atoms with E-state index in [1.54, 1.807) is 12.1 Å². The monoisotopic (exact) mass is 409 g/mol. The summed E-state index contributed by atoms with van der Waals surface area (Å²) in [6.07, 6.45) is 4.61. The molecule has 0 aliphatic carbocycles. The van der Waals surface area contributed by atoms with Crippen LogP contribution in [0.5, 0.6) is 5.75 Å². The zero-order chi connectivity index (χ0) is 18.3. The number of piperidine rings is 1. The van der Waals surface area contributed by atoms with Crippen LogP contribution in [0.4, 0.5) is 0 Å². The van der Waals surface area contributed by atoms with Crippen molar-refractivity contribution >= 4 is 34.8 Å². The van der Waals surface area contributed by atoms with Crippen molar-refractivity contribution in [3.63, 3.8) is 0 Å². The van der Waals surface area contributed by atoms with Crippen molar-refractivity contribution in [2.24, 2.45) is 0 Å². The van der Waals surface area contributed by atoms with E-state index in [1.807, 2.05) is 0 Å². The Hall–Kier alpha value is -0.930. The molecule has 2 aliphatic heterocycles. The summed E-state index contributed by atoms with van der Waals surface area (Å²) in [6.45, 7) is 4.18. The van der Waals surface area contributed by atoms with Crippen LogP contribution in [0, 0.1) is 0 Å². The molecule has 0 saturated carbocycles. The number of hydrogen-bond donors (Lipinski definition) is 1. The third kappa shape index (κ3) is 3.33. The van der Waals surface area contributed by atoms with Gasteiger partial charge in [-0.2, -0.15) is 0 Å². The Labute approximate surface area is 169 Å². The van der Waals surface area contributed by atoms with Crippen LogP contribution in [0.25, 0.3) is 11.1 Å². The van der Waals surface area contributed by atoms with Crippen LogP contribution in [0.3, 0.4) is 0 Å². The number of hydrogen-bond acceptors (Lipinski definition) is 2. The van der Waals surface area contributed by atoms with Gasteiger partial charge in [0.05, 0.1) is 10.0 Å². The van der Waals surface area contributed by atoms with Crippen LogP contribution >= 0.6 is 34.8 Å². The van der Waals surface area contributed by atoms with Crippen molar-refractivity contribution < 1.29 is 4.74 Å². The van der Waals surface area contributed by atoms with Gasteiger partial charge >= 0.3 is 0 Å². The molecule has 5 heteroatoms. The van der Waals surface area contributed by atoms with Crippen LogP contribution in [0.1, 0.15) is 43.2 Å². The van der Waals surface area contributed by atoms with Crippen molar-refractivity contribution in [3.05, 3.63) is 50.5 Å². The summed E-state index contributed by atoms with van der Waals surface area (Å²) in [5.74, 6) is 1.48. The van der Waals surface area contributed by atoms with Crippen LogP contribution in [0.2, 0.25) is 15.1 Å². The fraction of sp³-hybridized carbons (Fsp3) is 0.429. The summed E-state index contributed by atoms with van der Waals surface area (Å²) < 4.78 is 6.38. The summed E-state index contributed by atoms with van der Waals surface area (Å²) >= 11 is 19.1. The first-order valence-corrected chi connectivity index (χ1v) is 10.4. The highest BCUT2D eigenvalue weighted by atomic mass is 35.5. The van der Waals surface area contributed by atoms with E-state index < -0.39 is 0 Å². The van der Waals surface area contributed by atoms with Crippen molar-refractivity contribution in [2.75, 3.05) is 13.1 Å². The van der Waals surface area contributed by atoms with Crippen molar-refractivity contribution in [2.45, 2.75) is 44.6 Å². The summed E-state index contributed by atoms with van der Waals surface area (Å²) in [5, 5.41) is 5.22. The van der Waals surface area contributed by atoms with Gasteiger partial charge in [-0.15, -0.1) is 0 Å². The molecule has 0 radical (unpaired) electrons. The number of benzene rings is 2. The fourth-order valence-corrected chi connectivity index (χ4v) is 5.12. The lowest BCUT2D eigenvalue weighted by molar-refractivity contribution is 0.171. The summed E-state index contributed by atoms with van der Waals surface area (Å²) in [7, 11) is 0. The molecular weight excluding hydrogens is 389 g/mol. The summed E-state index contributed by atoms with van der Waals surface area (Å²) in [6, 6.07) is 7.92.